The minimum absolute atomic E-state index is 0.0598. The van der Waals surface area contributed by atoms with E-state index in [0.717, 1.165) is 0 Å². The molecule has 5 heterocycles. The van der Waals surface area contributed by atoms with Gasteiger partial charge in [-0.1, -0.05) is 5.16 Å². The Hall–Kier alpha value is -3.58. The van der Waals surface area contributed by atoms with Gasteiger partial charge in [0.25, 0.3) is 0 Å². The molecule has 2 saturated heterocycles. The van der Waals surface area contributed by atoms with Gasteiger partial charge in [0, 0.05) is 18.9 Å². The lowest BCUT2D eigenvalue weighted by atomic mass is 9.64. The summed E-state index contributed by atoms with van der Waals surface area (Å²) in [7, 11) is 0. The van der Waals surface area contributed by atoms with E-state index in [1.165, 1.54) is 4.90 Å². The van der Waals surface area contributed by atoms with Gasteiger partial charge in [-0.2, -0.15) is 0 Å². The van der Waals surface area contributed by atoms with Crippen LogP contribution in [0.4, 0.5) is 25.5 Å². The van der Waals surface area contributed by atoms with Crippen LogP contribution in [0, 0.1) is 11.2 Å². The zero-order valence-corrected chi connectivity index (χ0v) is 21.4. The molecule has 0 aliphatic carbocycles. The Bertz CT molecular complexity index is 1390. The highest BCUT2D eigenvalue weighted by atomic mass is 19.1. The van der Waals surface area contributed by atoms with E-state index in [1.807, 2.05) is 25.7 Å². The van der Waals surface area contributed by atoms with Crippen LogP contribution in [0.25, 0.3) is 11.0 Å². The number of amides is 4. The molecular weight excluding hydrogens is 501 g/mol. The average Bonchev–Trinajstić information content (AvgIpc) is 3.43. The predicted molar refractivity (Wildman–Crippen MR) is 132 cm³/mol. The van der Waals surface area contributed by atoms with Gasteiger partial charge in [-0.3, -0.25) is 10.1 Å². The van der Waals surface area contributed by atoms with Gasteiger partial charge < -0.3 is 23.6 Å². The number of ether oxygens (including phenoxy) is 3. The average molecular weight is 530 g/mol. The summed E-state index contributed by atoms with van der Waals surface area (Å²) in [5.41, 5.74) is -0.260. The molecule has 5 atom stereocenters. The van der Waals surface area contributed by atoms with Gasteiger partial charge in [0.2, 0.25) is 11.5 Å². The van der Waals surface area contributed by atoms with Crippen molar-refractivity contribution in [3.63, 3.8) is 0 Å². The number of urea groups is 1. The SMILES string of the molecule is CCOC[C@H]1COC(=O)N1c1noc2c(F)c3c(cc12)CC1(C(=O)NC(=O)N=C1C)[C@H]1[C@H](C)O[C@H](C)CN31. The number of aromatic nitrogens is 1. The number of hydrogen-bond acceptors (Lipinski definition) is 9. The number of benzene rings is 1. The monoisotopic (exact) mass is 529 g/mol. The van der Waals surface area contributed by atoms with E-state index in [9.17, 15) is 14.4 Å². The lowest BCUT2D eigenvalue weighted by Crippen LogP contribution is -2.71. The zero-order valence-electron chi connectivity index (χ0n) is 21.4. The Morgan fingerprint density at radius 3 is 2.82 bits per heavy atom. The number of carbonyl (C=O) groups is 3. The molecule has 1 aromatic carbocycles. The number of anilines is 2. The molecule has 0 radical (unpaired) electrons. The molecule has 4 aliphatic rings. The molecule has 0 saturated carbocycles. The molecule has 1 spiro atoms. The summed E-state index contributed by atoms with van der Waals surface area (Å²) >= 11 is 0. The standard InChI is InChI=1S/C25H28FN5O7/c1-5-35-9-15-10-36-24(34)31(15)21-16-6-14-7-25(13(4)27-23(33)28-22(25)32)20-12(3)37-11(2)8-30(20)18(14)17(26)19(16)38-29-21/h6,11-12,15,20H,5,7-10H2,1-4H3,(H,28,32,33)/t11-,12+,15+,20-,25?/m1/s1. The van der Waals surface area contributed by atoms with Gasteiger partial charge in [0.1, 0.15) is 12.0 Å². The molecule has 6 rings (SSSR count). The van der Waals surface area contributed by atoms with Crippen LogP contribution in [0.5, 0.6) is 0 Å². The normalized spacial score (nSPS) is 30.9. The number of hydrogen-bond donors (Lipinski definition) is 1. The smallest absolute Gasteiger partial charge is 0.416 e. The van der Waals surface area contributed by atoms with E-state index in [4.69, 9.17) is 18.7 Å². The molecule has 38 heavy (non-hydrogen) atoms. The molecule has 13 heteroatoms. The molecule has 1 unspecified atom stereocenters. The fraction of sp³-hybridized carbons (Fsp3) is 0.560. The molecule has 12 nitrogen and oxygen atoms in total. The maximum absolute atomic E-state index is 16.3. The van der Waals surface area contributed by atoms with Crippen molar-refractivity contribution in [1.29, 1.82) is 0 Å². The lowest BCUT2D eigenvalue weighted by molar-refractivity contribution is -0.132. The molecule has 0 bridgehead atoms. The lowest BCUT2D eigenvalue weighted by Gasteiger charge is -2.56. The first-order chi connectivity index (χ1) is 18.2. The Kier molecular flexibility index (Phi) is 5.69. The molecule has 1 aromatic heterocycles. The van der Waals surface area contributed by atoms with Crippen LogP contribution in [0.3, 0.4) is 0 Å². The number of cyclic esters (lactones) is 1. The summed E-state index contributed by atoms with van der Waals surface area (Å²) in [5.74, 6) is -1.04. The first-order valence-corrected chi connectivity index (χ1v) is 12.6. The molecular formula is C25H28FN5O7. The number of morpholine rings is 1. The van der Waals surface area contributed by atoms with Crippen LogP contribution >= 0.6 is 0 Å². The Balaban J connectivity index is 1.54. The third-order valence-electron chi connectivity index (χ3n) is 7.93. The van der Waals surface area contributed by atoms with Crippen LogP contribution in [-0.2, 0) is 25.4 Å². The Labute approximate surface area is 217 Å². The third-order valence-corrected chi connectivity index (χ3v) is 7.93. The van der Waals surface area contributed by atoms with Gasteiger partial charge in [0.05, 0.1) is 42.0 Å². The van der Waals surface area contributed by atoms with Gasteiger partial charge in [0.15, 0.2) is 11.6 Å². The third kappa shape index (κ3) is 3.37. The number of carbonyl (C=O) groups excluding carboxylic acids is 3. The fourth-order valence-electron chi connectivity index (χ4n) is 6.42. The van der Waals surface area contributed by atoms with Crippen molar-refractivity contribution in [2.24, 2.45) is 10.4 Å². The van der Waals surface area contributed by atoms with Crippen LogP contribution in [0.1, 0.15) is 33.3 Å². The summed E-state index contributed by atoms with van der Waals surface area (Å²) in [4.78, 5) is 45.5. The van der Waals surface area contributed by atoms with Crippen molar-refractivity contribution in [3.8, 4) is 0 Å². The molecule has 202 valence electrons. The van der Waals surface area contributed by atoms with Crippen molar-refractivity contribution >= 4 is 46.2 Å². The van der Waals surface area contributed by atoms with Crippen LogP contribution in [0.2, 0.25) is 0 Å². The van der Waals surface area contributed by atoms with Gasteiger partial charge >= 0.3 is 12.1 Å². The second kappa shape index (κ2) is 8.73. The first kappa shape index (κ1) is 24.7. The number of fused-ring (bicyclic) bond motifs is 5. The van der Waals surface area contributed by atoms with Crippen molar-refractivity contribution in [1.82, 2.24) is 10.5 Å². The van der Waals surface area contributed by atoms with Crippen molar-refractivity contribution in [2.45, 2.75) is 58.4 Å². The largest absolute Gasteiger partial charge is 0.447 e. The van der Waals surface area contributed by atoms with E-state index in [1.54, 1.807) is 13.0 Å². The summed E-state index contributed by atoms with van der Waals surface area (Å²) in [6.07, 6.45) is -1.31. The van der Waals surface area contributed by atoms with Crippen molar-refractivity contribution in [3.05, 3.63) is 17.4 Å². The molecule has 4 aliphatic heterocycles. The Morgan fingerprint density at radius 2 is 2.08 bits per heavy atom. The van der Waals surface area contributed by atoms with E-state index < -0.39 is 47.5 Å². The first-order valence-electron chi connectivity index (χ1n) is 12.6. The fourth-order valence-corrected chi connectivity index (χ4v) is 6.42. The van der Waals surface area contributed by atoms with Crippen molar-refractivity contribution in [2.75, 3.05) is 36.2 Å². The minimum atomic E-state index is -1.28. The van der Waals surface area contributed by atoms with Gasteiger partial charge in [-0.15, -0.1) is 0 Å². The highest BCUT2D eigenvalue weighted by molar-refractivity contribution is 6.20. The number of nitrogens with zero attached hydrogens (tertiary/aromatic N) is 4. The highest BCUT2D eigenvalue weighted by Gasteiger charge is 2.60. The topological polar surface area (TPSA) is 136 Å². The molecule has 2 fully saturated rings. The minimum Gasteiger partial charge on any atom is -0.447 e. The summed E-state index contributed by atoms with van der Waals surface area (Å²) in [6.45, 7) is 8.24. The highest BCUT2D eigenvalue weighted by Crippen LogP contribution is 2.50. The number of imide groups is 1. The number of halogens is 1. The number of rotatable bonds is 4. The summed E-state index contributed by atoms with van der Waals surface area (Å²) in [6, 6.07) is -0.121. The van der Waals surface area contributed by atoms with Gasteiger partial charge in [-0.05, 0) is 45.7 Å². The molecule has 1 N–H and O–H groups in total. The van der Waals surface area contributed by atoms with Crippen LogP contribution in [-0.4, -0.2) is 79.6 Å². The van der Waals surface area contributed by atoms with Gasteiger partial charge in [-0.25, -0.2) is 23.9 Å². The second-order valence-corrected chi connectivity index (χ2v) is 10.2. The maximum atomic E-state index is 16.3. The molecule has 4 amide bonds. The van der Waals surface area contributed by atoms with E-state index >= 15 is 4.39 Å². The van der Waals surface area contributed by atoms with Crippen molar-refractivity contribution < 1.29 is 37.5 Å². The maximum Gasteiger partial charge on any atom is 0.416 e. The predicted octanol–water partition coefficient (Wildman–Crippen LogP) is 2.56. The number of nitrogens with one attached hydrogen (secondary N) is 1. The molecule has 2 aromatic rings. The quantitative estimate of drug-likeness (QED) is 0.634. The summed E-state index contributed by atoms with van der Waals surface area (Å²) < 4.78 is 38.6. The Morgan fingerprint density at radius 1 is 1.29 bits per heavy atom. The van der Waals surface area contributed by atoms with E-state index in [2.05, 4.69) is 15.5 Å². The van der Waals surface area contributed by atoms with Crippen LogP contribution in [0.15, 0.2) is 15.6 Å². The summed E-state index contributed by atoms with van der Waals surface area (Å²) in [5, 5.41) is 6.67. The zero-order chi connectivity index (χ0) is 26.9. The van der Waals surface area contributed by atoms with E-state index in [0.29, 0.717) is 24.4 Å². The van der Waals surface area contributed by atoms with E-state index in [-0.39, 0.29) is 48.2 Å². The number of aliphatic imine (C=N–C) groups is 1. The second-order valence-electron chi connectivity index (χ2n) is 10.2. The van der Waals surface area contributed by atoms with Crippen LogP contribution < -0.4 is 15.1 Å².